The Kier molecular flexibility index (Phi) is 7.83. The predicted molar refractivity (Wildman–Crippen MR) is 115 cm³/mol. The van der Waals surface area contributed by atoms with Gasteiger partial charge in [0.1, 0.15) is 11.0 Å². The average molecular weight is 414 g/mol. The lowest BCUT2D eigenvalue weighted by Crippen LogP contribution is -2.59. The number of piperidine rings is 1. The second-order valence-electron chi connectivity index (χ2n) is 11.3. The number of carbonyl (C=O) groups is 2. The van der Waals surface area contributed by atoms with Gasteiger partial charge in [-0.2, -0.15) is 0 Å². The molecule has 1 rings (SSSR count). The van der Waals surface area contributed by atoms with Gasteiger partial charge in [-0.25, -0.2) is 4.79 Å². The maximum atomic E-state index is 12.5. The Labute approximate surface area is 177 Å². The van der Waals surface area contributed by atoms with Gasteiger partial charge in [0.15, 0.2) is 0 Å². The van der Waals surface area contributed by atoms with Crippen molar-refractivity contribution in [3.8, 4) is 0 Å². The molecule has 3 unspecified atom stereocenters. The van der Waals surface area contributed by atoms with Gasteiger partial charge in [-0.3, -0.25) is 4.79 Å². The van der Waals surface area contributed by atoms with Crippen LogP contribution >= 0.6 is 0 Å². The molecule has 29 heavy (non-hydrogen) atoms. The van der Waals surface area contributed by atoms with Crippen LogP contribution in [0.4, 0.5) is 4.79 Å². The minimum Gasteiger partial charge on any atom is -0.481 e. The van der Waals surface area contributed by atoms with Crippen LogP contribution in [0.1, 0.15) is 88.5 Å². The summed E-state index contributed by atoms with van der Waals surface area (Å²) in [6.07, 6.45) is 1.57. The number of carbonyl (C=O) groups excluding carboxylic acids is 1. The lowest BCUT2D eigenvalue weighted by Gasteiger charge is -2.49. The quantitative estimate of drug-likeness (QED) is 0.636. The average Bonchev–Trinajstić information content (AvgIpc) is 2.51. The summed E-state index contributed by atoms with van der Waals surface area (Å²) >= 11 is 0. The van der Waals surface area contributed by atoms with Crippen molar-refractivity contribution >= 4 is 12.1 Å². The van der Waals surface area contributed by atoms with Gasteiger partial charge < -0.3 is 19.5 Å². The molecule has 6 nitrogen and oxygen atoms in total. The zero-order valence-corrected chi connectivity index (χ0v) is 20.2. The number of carboxylic acid groups (broad SMARTS) is 1. The summed E-state index contributed by atoms with van der Waals surface area (Å²) in [6, 6.07) is 0. The van der Waals surface area contributed by atoms with Gasteiger partial charge in [-0.1, -0.05) is 34.1 Å². The topological polar surface area (TPSA) is 76.1 Å². The van der Waals surface area contributed by atoms with E-state index in [1.807, 2.05) is 0 Å². The molecule has 1 heterocycles. The molecule has 0 spiro atoms. The van der Waals surface area contributed by atoms with Crippen LogP contribution < -0.4 is 0 Å². The van der Waals surface area contributed by atoms with Crippen molar-refractivity contribution in [3.05, 3.63) is 0 Å². The lowest BCUT2D eigenvalue weighted by atomic mass is 9.69. The van der Waals surface area contributed by atoms with Crippen LogP contribution in [0, 0.1) is 16.7 Å². The Balaban J connectivity index is 3.08. The molecule has 0 aromatic heterocycles. The van der Waals surface area contributed by atoms with Crippen LogP contribution in [-0.4, -0.2) is 52.5 Å². The van der Waals surface area contributed by atoms with Crippen molar-refractivity contribution in [2.24, 2.45) is 16.7 Å². The van der Waals surface area contributed by atoms with Gasteiger partial charge in [-0.05, 0) is 65.7 Å². The number of likely N-dealkylation sites (tertiary alicyclic amines) is 1. The Bertz CT molecular complexity index is 587. The zero-order chi connectivity index (χ0) is 22.8. The molecule has 6 heteroatoms. The molecule has 1 saturated heterocycles. The van der Waals surface area contributed by atoms with E-state index < -0.39 is 34.8 Å². The lowest BCUT2D eigenvalue weighted by molar-refractivity contribution is -0.196. The molecule has 1 aliphatic heterocycles. The second kappa shape index (κ2) is 8.83. The van der Waals surface area contributed by atoms with Crippen LogP contribution in [0.3, 0.4) is 0 Å². The van der Waals surface area contributed by atoms with E-state index in [9.17, 15) is 14.7 Å². The van der Waals surface area contributed by atoms with Crippen LogP contribution in [0.15, 0.2) is 0 Å². The summed E-state index contributed by atoms with van der Waals surface area (Å²) in [5, 5.41) is 10.0. The van der Waals surface area contributed by atoms with E-state index in [-0.39, 0.29) is 17.9 Å². The van der Waals surface area contributed by atoms with E-state index >= 15 is 0 Å². The van der Waals surface area contributed by atoms with Crippen molar-refractivity contribution in [2.45, 2.75) is 106 Å². The van der Waals surface area contributed by atoms with Gasteiger partial charge >= 0.3 is 12.1 Å². The fourth-order valence-corrected chi connectivity index (χ4v) is 4.61. The summed E-state index contributed by atoms with van der Waals surface area (Å²) in [5.74, 6) is -0.670. The Morgan fingerprint density at radius 1 is 1.14 bits per heavy atom. The molecule has 170 valence electrons. The molecule has 1 N–H and O–H groups in total. The molecular weight excluding hydrogens is 370 g/mol. The number of carboxylic acids is 1. The van der Waals surface area contributed by atoms with Crippen molar-refractivity contribution in [1.29, 1.82) is 0 Å². The first-order chi connectivity index (χ1) is 12.9. The number of hydrogen-bond acceptors (Lipinski definition) is 4. The van der Waals surface area contributed by atoms with Gasteiger partial charge in [0, 0.05) is 13.1 Å². The van der Waals surface area contributed by atoms with E-state index in [1.54, 1.807) is 27.7 Å². The maximum Gasteiger partial charge on any atom is 0.410 e. The summed E-state index contributed by atoms with van der Waals surface area (Å²) in [5.41, 5.74) is -2.26. The van der Waals surface area contributed by atoms with Crippen LogP contribution in [0.25, 0.3) is 0 Å². The molecule has 0 saturated carbocycles. The van der Waals surface area contributed by atoms with Gasteiger partial charge in [0.05, 0.1) is 11.7 Å². The first-order valence-corrected chi connectivity index (χ1v) is 10.8. The third-order valence-electron chi connectivity index (χ3n) is 5.94. The number of nitrogens with zero attached hydrogens (tertiary/aromatic N) is 1. The highest BCUT2D eigenvalue weighted by atomic mass is 16.6. The zero-order valence-electron chi connectivity index (χ0n) is 20.2. The van der Waals surface area contributed by atoms with Crippen molar-refractivity contribution in [3.63, 3.8) is 0 Å². The van der Waals surface area contributed by atoms with Crippen molar-refractivity contribution in [1.82, 2.24) is 4.90 Å². The monoisotopic (exact) mass is 413 g/mol. The van der Waals surface area contributed by atoms with E-state index in [2.05, 4.69) is 41.5 Å². The van der Waals surface area contributed by atoms with Gasteiger partial charge in [0.25, 0.3) is 0 Å². The van der Waals surface area contributed by atoms with E-state index in [1.165, 1.54) is 4.90 Å². The van der Waals surface area contributed by atoms with Crippen LogP contribution in [0.5, 0.6) is 0 Å². The number of ether oxygens (including phenoxy) is 2. The molecule has 1 aliphatic rings. The molecule has 0 aliphatic carbocycles. The molecule has 0 radical (unpaired) electrons. The molecule has 1 fully saturated rings. The van der Waals surface area contributed by atoms with E-state index in [0.717, 1.165) is 12.8 Å². The molecule has 0 bridgehead atoms. The summed E-state index contributed by atoms with van der Waals surface area (Å²) in [6.45, 7) is 20.5. The molecule has 0 aromatic rings. The summed E-state index contributed by atoms with van der Waals surface area (Å²) < 4.78 is 12.0. The Morgan fingerprint density at radius 2 is 1.69 bits per heavy atom. The number of rotatable bonds is 6. The van der Waals surface area contributed by atoms with Crippen molar-refractivity contribution in [2.75, 3.05) is 13.1 Å². The maximum absolute atomic E-state index is 12.5. The molecule has 3 atom stereocenters. The predicted octanol–water partition coefficient (Wildman–Crippen LogP) is 5.34. The third kappa shape index (κ3) is 6.59. The largest absolute Gasteiger partial charge is 0.481 e. The molecule has 1 amide bonds. The Hall–Kier alpha value is -1.30. The number of amides is 1. The highest BCUT2D eigenvalue weighted by molar-refractivity contribution is 5.77. The second-order valence-corrected chi connectivity index (χ2v) is 11.3. The van der Waals surface area contributed by atoms with E-state index in [0.29, 0.717) is 13.0 Å². The van der Waals surface area contributed by atoms with Gasteiger partial charge in [-0.15, -0.1) is 0 Å². The standard InChI is InChI=1S/C23H43NO5/c1-11-12-16(20(2,3)4)22(8,9)28-17-13-14-24(15-23(17,10)18(25)26)19(27)29-21(5,6)7/h16-17H,11-15H2,1-10H3,(H,25,26). The number of aliphatic carboxylic acids is 1. The summed E-state index contributed by atoms with van der Waals surface area (Å²) in [4.78, 5) is 26.3. The fraction of sp³-hybridized carbons (Fsp3) is 0.913. The highest BCUT2D eigenvalue weighted by Crippen LogP contribution is 2.44. The first-order valence-electron chi connectivity index (χ1n) is 10.8. The van der Waals surface area contributed by atoms with Crippen molar-refractivity contribution < 1.29 is 24.2 Å². The first kappa shape index (κ1) is 25.7. The highest BCUT2D eigenvalue weighted by Gasteiger charge is 2.51. The molecular formula is C23H43NO5. The minimum absolute atomic E-state index is 0.0380. The fourth-order valence-electron chi connectivity index (χ4n) is 4.61. The summed E-state index contributed by atoms with van der Waals surface area (Å²) in [7, 11) is 0. The van der Waals surface area contributed by atoms with Crippen LogP contribution in [-0.2, 0) is 14.3 Å². The Morgan fingerprint density at radius 3 is 2.10 bits per heavy atom. The SMILES string of the molecule is CCCC(C(C)(C)C)C(C)(C)OC1CCN(C(=O)OC(C)(C)C)CC1(C)C(=O)O. The third-order valence-corrected chi connectivity index (χ3v) is 5.94. The number of hydrogen-bond donors (Lipinski definition) is 1. The van der Waals surface area contributed by atoms with Gasteiger partial charge in [0.2, 0.25) is 0 Å². The van der Waals surface area contributed by atoms with E-state index in [4.69, 9.17) is 9.47 Å². The van der Waals surface area contributed by atoms with Crippen LogP contribution in [0.2, 0.25) is 0 Å². The minimum atomic E-state index is -1.19. The smallest absolute Gasteiger partial charge is 0.410 e. The molecule has 0 aromatic carbocycles. The normalized spacial score (nSPS) is 24.9.